The molecule has 2 rings (SSSR count). The van der Waals surface area contributed by atoms with Crippen LogP contribution in [0.3, 0.4) is 0 Å². The molecule has 1 aliphatic rings. The summed E-state index contributed by atoms with van der Waals surface area (Å²) in [5.74, 6) is -0.849. The van der Waals surface area contributed by atoms with Crippen molar-refractivity contribution in [3.63, 3.8) is 0 Å². The van der Waals surface area contributed by atoms with Gasteiger partial charge in [0.15, 0.2) is 6.29 Å². The average molecular weight is 284 g/mol. The summed E-state index contributed by atoms with van der Waals surface area (Å²) in [5.41, 5.74) is 0.920. The van der Waals surface area contributed by atoms with E-state index in [1.807, 2.05) is 30.3 Å². The highest BCUT2D eigenvalue weighted by molar-refractivity contribution is 5.13. The molecule has 0 amide bonds. The maximum absolute atomic E-state index is 10.1. The Morgan fingerprint density at radius 3 is 2.35 bits per heavy atom. The van der Waals surface area contributed by atoms with Crippen LogP contribution in [-0.4, -0.2) is 58.2 Å². The maximum atomic E-state index is 10.1. The molecule has 0 unspecified atom stereocenters. The van der Waals surface area contributed by atoms with Gasteiger partial charge in [-0.05, 0) is 5.56 Å². The van der Waals surface area contributed by atoms with E-state index in [1.54, 1.807) is 0 Å². The fraction of sp³-hybridized carbons (Fsp3) is 0.571. The second kappa shape index (κ2) is 7.12. The van der Waals surface area contributed by atoms with Crippen LogP contribution < -0.4 is 0 Å². The highest BCUT2D eigenvalue weighted by Gasteiger charge is 2.44. The maximum Gasteiger partial charge on any atom is 0.162 e. The minimum atomic E-state index is -1.32. The van der Waals surface area contributed by atoms with Gasteiger partial charge in [-0.3, -0.25) is 0 Å². The Balaban J connectivity index is 2.02. The van der Waals surface area contributed by atoms with Crippen LogP contribution in [0.1, 0.15) is 5.56 Å². The molecule has 1 heterocycles. The van der Waals surface area contributed by atoms with E-state index >= 15 is 0 Å². The van der Waals surface area contributed by atoms with Crippen LogP contribution in [0.2, 0.25) is 0 Å². The van der Waals surface area contributed by atoms with Gasteiger partial charge in [0.25, 0.3) is 0 Å². The molecule has 0 saturated carbocycles. The minimum Gasteiger partial charge on any atom is -0.396 e. The lowest BCUT2D eigenvalue weighted by atomic mass is 9.91. The number of rotatable bonds is 5. The van der Waals surface area contributed by atoms with Crippen LogP contribution in [0.25, 0.3) is 0 Å². The van der Waals surface area contributed by atoms with Gasteiger partial charge in [-0.2, -0.15) is 0 Å². The van der Waals surface area contributed by atoms with Gasteiger partial charge in [-0.25, -0.2) is 0 Å². The lowest BCUT2D eigenvalue weighted by Crippen LogP contribution is -2.57. The van der Waals surface area contributed by atoms with E-state index in [1.165, 1.54) is 0 Å². The molecule has 0 aliphatic carbocycles. The van der Waals surface area contributed by atoms with Gasteiger partial charge in [0.05, 0.1) is 31.8 Å². The third kappa shape index (κ3) is 3.35. The summed E-state index contributed by atoms with van der Waals surface area (Å²) in [6.07, 6.45) is -4.05. The van der Waals surface area contributed by atoms with Crippen LogP contribution in [0, 0.1) is 5.92 Å². The number of ether oxygens (including phenoxy) is 2. The molecule has 0 aromatic heterocycles. The Bertz CT molecular complexity index is 398. The fourth-order valence-electron chi connectivity index (χ4n) is 2.31. The van der Waals surface area contributed by atoms with Gasteiger partial charge in [-0.15, -0.1) is 0 Å². The molecule has 5 atom stereocenters. The summed E-state index contributed by atoms with van der Waals surface area (Å²) >= 11 is 0. The summed E-state index contributed by atoms with van der Waals surface area (Å²) in [4.78, 5) is 0. The predicted molar refractivity (Wildman–Crippen MR) is 69.6 cm³/mol. The number of hydrogen-bond acceptors (Lipinski definition) is 6. The summed E-state index contributed by atoms with van der Waals surface area (Å²) in [5, 5.41) is 38.2. The van der Waals surface area contributed by atoms with E-state index in [0.29, 0.717) is 0 Å². The molecule has 1 aliphatic heterocycles. The number of benzene rings is 1. The normalized spacial score (nSPS) is 34.1. The zero-order valence-electron chi connectivity index (χ0n) is 11.0. The SMILES string of the molecule is OC[C@@H]1[C@@H](O)[C@H](OCc2ccccc2)[C@@H](CO)O[C@H]1O. The van der Waals surface area contributed by atoms with Crippen LogP contribution in [0.5, 0.6) is 0 Å². The van der Waals surface area contributed by atoms with Gasteiger partial charge in [0, 0.05) is 0 Å². The Morgan fingerprint density at radius 1 is 1.05 bits per heavy atom. The molecule has 1 saturated heterocycles. The quantitative estimate of drug-likeness (QED) is 0.568. The van der Waals surface area contributed by atoms with Crippen molar-refractivity contribution in [1.29, 1.82) is 0 Å². The second-order valence-electron chi connectivity index (χ2n) is 4.85. The number of aliphatic hydroxyl groups is 4. The van der Waals surface area contributed by atoms with Gasteiger partial charge >= 0.3 is 0 Å². The molecule has 0 spiro atoms. The van der Waals surface area contributed by atoms with Gasteiger partial charge in [0.1, 0.15) is 12.2 Å². The molecule has 6 nitrogen and oxygen atoms in total. The smallest absolute Gasteiger partial charge is 0.162 e. The van der Waals surface area contributed by atoms with Crippen LogP contribution in [0.15, 0.2) is 30.3 Å². The third-order valence-corrected chi connectivity index (χ3v) is 3.50. The first-order valence-corrected chi connectivity index (χ1v) is 6.56. The van der Waals surface area contributed by atoms with Crippen molar-refractivity contribution in [1.82, 2.24) is 0 Å². The predicted octanol–water partition coefficient (Wildman–Crippen LogP) is -0.749. The van der Waals surface area contributed by atoms with Crippen molar-refractivity contribution in [2.75, 3.05) is 13.2 Å². The highest BCUT2D eigenvalue weighted by atomic mass is 16.6. The molecule has 1 aromatic carbocycles. The zero-order valence-corrected chi connectivity index (χ0v) is 11.0. The molecular weight excluding hydrogens is 264 g/mol. The summed E-state index contributed by atoms with van der Waals surface area (Å²) in [6.45, 7) is -0.561. The van der Waals surface area contributed by atoms with E-state index in [-0.39, 0.29) is 13.2 Å². The highest BCUT2D eigenvalue weighted by Crippen LogP contribution is 2.27. The Hall–Kier alpha value is -1.02. The van der Waals surface area contributed by atoms with Crippen molar-refractivity contribution in [2.24, 2.45) is 5.92 Å². The average Bonchev–Trinajstić information content (AvgIpc) is 2.47. The molecule has 0 bridgehead atoms. The van der Waals surface area contributed by atoms with Crippen LogP contribution in [0.4, 0.5) is 0 Å². The largest absolute Gasteiger partial charge is 0.396 e. The summed E-state index contributed by atoms with van der Waals surface area (Å²) in [6, 6.07) is 9.38. The first-order valence-electron chi connectivity index (χ1n) is 6.56. The lowest BCUT2D eigenvalue weighted by Gasteiger charge is -2.41. The first-order chi connectivity index (χ1) is 9.67. The van der Waals surface area contributed by atoms with Crippen molar-refractivity contribution in [3.05, 3.63) is 35.9 Å². The van der Waals surface area contributed by atoms with E-state index in [4.69, 9.17) is 9.47 Å². The molecule has 6 heteroatoms. The van der Waals surface area contributed by atoms with Crippen LogP contribution in [-0.2, 0) is 16.1 Å². The Labute approximate surface area is 117 Å². The van der Waals surface area contributed by atoms with Gasteiger partial charge in [0.2, 0.25) is 0 Å². The van der Waals surface area contributed by atoms with E-state index in [2.05, 4.69) is 0 Å². The standard InChI is InChI=1S/C14H20O6/c15-6-10-12(17)13(11(7-16)20-14(10)18)19-8-9-4-2-1-3-5-9/h1-5,10-18H,6-8H2/t10-,11-,12-,13-,14-/m1/s1. The fourth-order valence-corrected chi connectivity index (χ4v) is 2.31. The van der Waals surface area contributed by atoms with Crippen molar-refractivity contribution in [2.45, 2.75) is 31.2 Å². The zero-order chi connectivity index (χ0) is 14.5. The molecule has 20 heavy (non-hydrogen) atoms. The molecule has 0 radical (unpaired) electrons. The topological polar surface area (TPSA) is 99.4 Å². The van der Waals surface area contributed by atoms with Gasteiger partial charge in [-0.1, -0.05) is 30.3 Å². The lowest BCUT2D eigenvalue weighted by molar-refractivity contribution is -0.285. The Morgan fingerprint density at radius 2 is 1.75 bits per heavy atom. The molecule has 4 N–H and O–H groups in total. The molecule has 112 valence electrons. The van der Waals surface area contributed by atoms with Gasteiger partial charge < -0.3 is 29.9 Å². The van der Waals surface area contributed by atoms with E-state index < -0.39 is 37.1 Å². The van der Waals surface area contributed by atoms with Crippen molar-refractivity contribution in [3.8, 4) is 0 Å². The molecular formula is C14H20O6. The molecule has 1 fully saturated rings. The van der Waals surface area contributed by atoms with Crippen LogP contribution >= 0.6 is 0 Å². The molecule has 1 aromatic rings. The van der Waals surface area contributed by atoms with E-state index in [0.717, 1.165) is 5.56 Å². The number of aliphatic hydroxyl groups excluding tert-OH is 4. The first kappa shape index (κ1) is 15.4. The van der Waals surface area contributed by atoms with E-state index in [9.17, 15) is 20.4 Å². The third-order valence-electron chi connectivity index (χ3n) is 3.50. The summed E-state index contributed by atoms with van der Waals surface area (Å²) in [7, 11) is 0. The monoisotopic (exact) mass is 284 g/mol. The second-order valence-corrected chi connectivity index (χ2v) is 4.85. The number of hydrogen-bond donors (Lipinski definition) is 4. The Kier molecular flexibility index (Phi) is 5.47. The minimum absolute atomic E-state index is 0.247. The van der Waals surface area contributed by atoms with Crippen molar-refractivity contribution < 1.29 is 29.9 Å². The van der Waals surface area contributed by atoms with Crippen molar-refractivity contribution >= 4 is 0 Å². The summed E-state index contributed by atoms with van der Waals surface area (Å²) < 4.78 is 10.8.